The van der Waals surface area contributed by atoms with Crippen LogP contribution in [0.4, 0.5) is 0 Å². The summed E-state index contributed by atoms with van der Waals surface area (Å²) in [5.41, 5.74) is 2.35. The predicted octanol–water partition coefficient (Wildman–Crippen LogP) is 2.16. The molecule has 5 nitrogen and oxygen atoms in total. The molecule has 5 heteroatoms. The molecule has 0 amide bonds. The Balaban J connectivity index is 2.13. The monoisotopic (exact) mass is 281 g/mol. The number of methoxy groups -OCH3 is 1. The molecule has 21 heavy (non-hydrogen) atoms. The predicted molar refractivity (Wildman–Crippen MR) is 80.6 cm³/mol. The number of nitrogens with zero attached hydrogens (tertiary/aromatic N) is 3. The number of hydrogen-bond donors (Lipinski definition) is 0. The minimum Gasteiger partial charge on any atom is -0.468 e. The van der Waals surface area contributed by atoms with Crippen molar-refractivity contribution in [2.75, 3.05) is 7.11 Å². The molecule has 0 saturated carbocycles. The van der Waals surface area contributed by atoms with Crippen LogP contribution in [0.3, 0.4) is 0 Å². The number of aryl methyl sites for hydroxylation is 1. The Morgan fingerprint density at radius 3 is 2.86 bits per heavy atom. The van der Waals surface area contributed by atoms with Crippen LogP contribution in [0.2, 0.25) is 0 Å². The summed E-state index contributed by atoms with van der Waals surface area (Å²) in [7, 11) is 1.51. The van der Waals surface area contributed by atoms with Crippen molar-refractivity contribution in [3.63, 3.8) is 0 Å². The summed E-state index contributed by atoms with van der Waals surface area (Å²) in [6.07, 6.45) is 1.75. The maximum atomic E-state index is 12.2. The van der Waals surface area contributed by atoms with Crippen LogP contribution in [0, 0.1) is 6.92 Å². The molecule has 0 aliphatic rings. The van der Waals surface area contributed by atoms with Crippen LogP contribution in [0.5, 0.6) is 6.01 Å². The van der Waals surface area contributed by atoms with E-state index in [2.05, 4.69) is 9.97 Å². The van der Waals surface area contributed by atoms with Gasteiger partial charge in [-0.15, -0.1) is 0 Å². The lowest BCUT2D eigenvalue weighted by Crippen LogP contribution is -2.23. The SMILES string of the molecule is COc1nc(C)cc(=O)n1Cc1cccc2cccnc12. The van der Waals surface area contributed by atoms with Gasteiger partial charge in [0.2, 0.25) is 0 Å². The molecule has 0 aliphatic carbocycles. The third-order valence-corrected chi connectivity index (χ3v) is 3.33. The first-order chi connectivity index (χ1) is 10.2. The van der Waals surface area contributed by atoms with Gasteiger partial charge in [0.25, 0.3) is 11.6 Å². The highest BCUT2D eigenvalue weighted by atomic mass is 16.5. The lowest BCUT2D eigenvalue weighted by Gasteiger charge is -2.12. The first-order valence-corrected chi connectivity index (χ1v) is 6.64. The Kier molecular flexibility index (Phi) is 3.39. The van der Waals surface area contributed by atoms with Crippen LogP contribution < -0.4 is 10.3 Å². The van der Waals surface area contributed by atoms with E-state index in [1.165, 1.54) is 17.7 Å². The van der Waals surface area contributed by atoms with E-state index in [1.54, 1.807) is 13.1 Å². The minimum absolute atomic E-state index is 0.132. The zero-order chi connectivity index (χ0) is 14.8. The third kappa shape index (κ3) is 2.50. The standard InChI is InChI=1S/C16H15N3O2/c1-11-9-14(20)19(16(18-11)21-2)10-13-6-3-5-12-7-4-8-17-15(12)13/h3-9H,10H2,1-2H3. The number of fused-ring (bicyclic) bond motifs is 1. The normalized spacial score (nSPS) is 10.8. The molecule has 0 atom stereocenters. The largest absolute Gasteiger partial charge is 0.468 e. The molecule has 3 aromatic rings. The van der Waals surface area contributed by atoms with Gasteiger partial charge in [0.05, 0.1) is 19.2 Å². The second-order valence-corrected chi connectivity index (χ2v) is 4.80. The molecule has 0 bridgehead atoms. The molecule has 106 valence electrons. The van der Waals surface area contributed by atoms with Crippen molar-refractivity contribution in [1.82, 2.24) is 14.5 Å². The van der Waals surface area contributed by atoms with Gasteiger partial charge in [-0.05, 0) is 18.6 Å². The fraction of sp³-hybridized carbons (Fsp3) is 0.188. The first kappa shape index (κ1) is 13.3. The number of ether oxygens (including phenoxy) is 1. The summed E-state index contributed by atoms with van der Waals surface area (Å²) >= 11 is 0. The van der Waals surface area contributed by atoms with Gasteiger partial charge >= 0.3 is 0 Å². The summed E-state index contributed by atoms with van der Waals surface area (Å²) in [6.45, 7) is 2.15. The van der Waals surface area contributed by atoms with Gasteiger partial charge < -0.3 is 4.74 Å². The van der Waals surface area contributed by atoms with Crippen molar-refractivity contribution >= 4 is 10.9 Å². The molecule has 2 heterocycles. The summed E-state index contributed by atoms with van der Waals surface area (Å²) < 4.78 is 6.73. The van der Waals surface area contributed by atoms with Crippen molar-refractivity contribution in [2.24, 2.45) is 0 Å². The Morgan fingerprint density at radius 2 is 2.05 bits per heavy atom. The van der Waals surface area contributed by atoms with Crippen LogP contribution in [-0.4, -0.2) is 21.6 Å². The molecular weight excluding hydrogens is 266 g/mol. The van der Waals surface area contributed by atoms with Crippen LogP contribution in [0.1, 0.15) is 11.3 Å². The smallest absolute Gasteiger partial charge is 0.299 e. The summed E-state index contributed by atoms with van der Waals surface area (Å²) in [5, 5.41) is 1.04. The second-order valence-electron chi connectivity index (χ2n) is 4.80. The van der Waals surface area contributed by atoms with Gasteiger partial charge in [-0.2, -0.15) is 0 Å². The maximum Gasteiger partial charge on any atom is 0.299 e. The highest BCUT2D eigenvalue weighted by molar-refractivity contribution is 5.81. The zero-order valence-electron chi connectivity index (χ0n) is 11.9. The molecule has 2 aromatic heterocycles. The molecule has 0 unspecified atom stereocenters. The number of pyridine rings is 1. The quantitative estimate of drug-likeness (QED) is 0.738. The van der Waals surface area contributed by atoms with Gasteiger partial charge in [0.15, 0.2) is 0 Å². The van der Waals surface area contributed by atoms with Crippen LogP contribution in [0.25, 0.3) is 10.9 Å². The number of benzene rings is 1. The Bertz CT molecular complexity index is 850. The average molecular weight is 281 g/mol. The van der Waals surface area contributed by atoms with E-state index in [1.807, 2.05) is 30.3 Å². The number of aromatic nitrogens is 3. The summed E-state index contributed by atoms with van der Waals surface area (Å²) in [4.78, 5) is 20.8. The molecule has 3 rings (SSSR count). The van der Waals surface area contributed by atoms with Crippen molar-refractivity contribution in [3.05, 3.63) is 64.2 Å². The molecule has 0 spiro atoms. The minimum atomic E-state index is -0.132. The second kappa shape index (κ2) is 5.36. The Labute approximate surface area is 121 Å². The van der Waals surface area contributed by atoms with Gasteiger partial charge in [-0.25, -0.2) is 4.98 Å². The van der Waals surface area contributed by atoms with E-state index >= 15 is 0 Å². The Morgan fingerprint density at radius 1 is 1.24 bits per heavy atom. The van der Waals surface area contributed by atoms with Crippen molar-refractivity contribution in [1.29, 1.82) is 0 Å². The topological polar surface area (TPSA) is 57.0 Å². The van der Waals surface area contributed by atoms with Crippen LogP contribution >= 0.6 is 0 Å². The lowest BCUT2D eigenvalue weighted by molar-refractivity contribution is 0.350. The first-order valence-electron chi connectivity index (χ1n) is 6.64. The highest BCUT2D eigenvalue weighted by Crippen LogP contribution is 2.18. The van der Waals surface area contributed by atoms with Gasteiger partial charge in [0.1, 0.15) is 0 Å². The lowest BCUT2D eigenvalue weighted by atomic mass is 10.1. The molecular formula is C16H15N3O2. The third-order valence-electron chi connectivity index (χ3n) is 3.33. The van der Waals surface area contributed by atoms with Crippen molar-refractivity contribution < 1.29 is 4.74 Å². The van der Waals surface area contributed by atoms with Crippen molar-refractivity contribution in [3.8, 4) is 6.01 Å². The van der Waals surface area contributed by atoms with Gasteiger partial charge in [-0.1, -0.05) is 24.3 Å². The van der Waals surface area contributed by atoms with Crippen molar-refractivity contribution in [2.45, 2.75) is 13.5 Å². The number of rotatable bonds is 3. The van der Waals surface area contributed by atoms with Crippen LogP contribution in [-0.2, 0) is 6.54 Å². The zero-order valence-corrected chi connectivity index (χ0v) is 11.9. The average Bonchev–Trinajstić information content (AvgIpc) is 2.50. The fourth-order valence-corrected chi connectivity index (χ4v) is 2.36. The van der Waals surface area contributed by atoms with Gasteiger partial charge in [-0.3, -0.25) is 14.3 Å². The van der Waals surface area contributed by atoms with E-state index in [4.69, 9.17) is 4.74 Å². The maximum absolute atomic E-state index is 12.2. The molecule has 0 saturated heterocycles. The van der Waals surface area contributed by atoms with Crippen LogP contribution in [0.15, 0.2) is 47.4 Å². The van der Waals surface area contributed by atoms with Gasteiger partial charge in [0, 0.05) is 23.3 Å². The molecule has 0 radical (unpaired) electrons. The number of para-hydroxylation sites is 1. The summed E-state index contributed by atoms with van der Waals surface area (Å²) in [5.74, 6) is 0. The number of hydrogen-bond acceptors (Lipinski definition) is 4. The molecule has 1 aromatic carbocycles. The Hall–Kier alpha value is -2.69. The van der Waals surface area contributed by atoms with E-state index < -0.39 is 0 Å². The van der Waals surface area contributed by atoms with E-state index in [9.17, 15) is 4.79 Å². The van der Waals surface area contributed by atoms with E-state index in [0.717, 1.165) is 16.5 Å². The fourth-order valence-electron chi connectivity index (χ4n) is 2.36. The summed E-state index contributed by atoms with van der Waals surface area (Å²) in [6, 6.07) is 11.6. The highest BCUT2D eigenvalue weighted by Gasteiger charge is 2.10. The van der Waals surface area contributed by atoms with E-state index in [-0.39, 0.29) is 5.56 Å². The molecule has 0 N–H and O–H groups in total. The van der Waals surface area contributed by atoms with E-state index in [0.29, 0.717) is 18.2 Å². The molecule has 0 aliphatic heterocycles. The molecule has 0 fully saturated rings.